The Morgan fingerprint density at radius 1 is 1.05 bits per heavy atom. The number of benzene rings is 1. The highest BCUT2D eigenvalue weighted by Gasteiger charge is 2.48. The molecule has 8 heteroatoms. The van der Waals surface area contributed by atoms with E-state index < -0.39 is 35.8 Å². The SMILES string of the molecule is O=C(COC(=O)C1(c2ccccc2F)CCCC1)N1N=C2C(=Cc3ccco3)CCCC2C1c1ccco1. The van der Waals surface area contributed by atoms with Crippen molar-refractivity contribution in [2.45, 2.75) is 56.4 Å². The standard InChI is InChI=1S/C30H29FN2O5/c31-24-12-2-1-11-23(24)30(14-3-4-15-30)29(35)38-19-26(34)33-28(25-13-7-17-37-25)22-10-5-8-20(27(22)32-33)18-21-9-6-16-36-21/h1-2,6-7,9,11-13,16-18,22,28H,3-5,8,10,14-15,19H2. The molecule has 0 radical (unpaired) electrons. The lowest BCUT2D eigenvalue weighted by Crippen LogP contribution is -2.39. The molecule has 196 valence electrons. The average Bonchev–Trinajstić information content (AvgIpc) is 3.73. The minimum Gasteiger partial charge on any atom is -0.467 e. The van der Waals surface area contributed by atoms with Gasteiger partial charge < -0.3 is 13.6 Å². The van der Waals surface area contributed by atoms with Crippen LogP contribution in [0.4, 0.5) is 4.39 Å². The Morgan fingerprint density at radius 3 is 2.58 bits per heavy atom. The molecule has 0 spiro atoms. The molecule has 2 fully saturated rings. The van der Waals surface area contributed by atoms with Crippen LogP contribution in [0.25, 0.3) is 6.08 Å². The summed E-state index contributed by atoms with van der Waals surface area (Å²) in [6, 6.07) is 13.2. The first-order valence-electron chi connectivity index (χ1n) is 13.2. The number of hydrogen-bond donors (Lipinski definition) is 0. The molecule has 0 bridgehead atoms. The van der Waals surface area contributed by atoms with Gasteiger partial charge in [0.2, 0.25) is 0 Å². The van der Waals surface area contributed by atoms with E-state index in [1.807, 2.05) is 24.3 Å². The number of halogens is 1. The number of nitrogens with zero attached hydrogens (tertiary/aromatic N) is 2. The monoisotopic (exact) mass is 516 g/mol. The summed E-state index contributed by atoms with van der Waals surface area (Å²) in [5, 5.41) is 6.15. The van der Waals surface area contributed by atoms with Crippen LogP contribution in [0.3, 0.4) is 0 Å². The Morgan fingerprint density at radius 2 is 1.84 bits per heavy atom. The number of fused-ring (bicyclic) bond motifs is 1. The van der Waals surface area contributed by atoms with Gasteiger partial charge in [-0.05, 0) is 74.1 Å². The highest BCUT2D eigenvalue weighted by molar-refractivity contribution is 6.08. The molecule has 3 aromatic rings. The van der Waals surface area contributed by atoms with Gasteiger partial charge >= 0.3 is 5.97 Å². The minimum absolute atomic E-state index is 0.0460. The lowest BCUT2D eigenvalue weighted by Gasteiger charge is -2.29. The van der Waals surface area contributed by atoms with Crippen molar-refractivity contribution in [3.8, 4) is 0 Å². The second kappa shape index (κ2) is 10.1. The summed E-state index contributed by atoms with van der Waals surface area (Å²) < 4.78 is 31.6. The molecular weight excluding hydrogens is 487 g/mol. The van der Waals surface area contributed by atoms with Crippen LogP contribution in [0, 0.1) is 11.7 Å². The Labute approximate surface area is 219 Å². The van der Waals surface area contributed by atoms with Gasteiger partial charge in [-0.15, -0.1) is 0 Å². The van der Waals surface area contributed by atoms with E-state index in [4.69, 9.17) is 18.7 Å². The van der Waals surface area contributed by atoms with Crippen molar-refractivity contribution in [2.24, 2.45) is 11.0 Å². The Balaban J connectivity index is 1.26. The summed E-state index contributed by atoms with van der Waals surface area (Å²) in [6.07, 6.45) is 10.4. The van der Waals surface area contributed by atoms with E-state index in [0.29, 0.717) is 24.2 Å². The average molecular weight is 517 g/mol. The van der Waals surface area contributed by atoms with E-state index in [2.05, 4.69) is 0 Å². The largest absolute Gasteiger partial charge is 0.467 e. The Hall–Kier alpha value is -3.94. The van der Waals surface area contributed by atoms with Crippen LogP contribution >= 0.6 is 0 Å². The fourth-order valence-electron chi connectivity index (χ4n) is 6.23. The van der Waals surface area contributed by atoms with E-state index >= 15 is 0 Å². The zero-order chi connectivity index (χ0) is 26.1. The second-order valence-electron chi connectivity index (χ2n) is 10.2. The second-order valence-corrected chi connectivity index (χ2v) is 10.2. The smallest absolute Gasteiger partial charge is 0.317 e. The number of carbonyl (C=O) groups excluding carboxylic acids is 2. The molecule has 0 saturated heterocycles. The quantitative estimate of drug-likeness (QED) is 0.365. The predicted molar refractivity (Wildman–Crippen MR) is 137 cm³/mol. The summed E-state index contributed by atoms with van der Waals surface area (Å²) in [4.78, 5) is 26.9. The van der Waals surface area contributed by atoms with Crippen LogP contribution < -0.4 is 0 Å². The van der Waals surface area contributed by atoms with E-state index in [1.165, 1.54) is 11.1 Å². The van der Waals surface area contributed by atoms with Crippen molar-refractivity contribution in [2.75, 3.05) is 6.61 Å². The maximum absolute atomic E-state index is 14.7. The van der Waals surface area contributed by atoms with Gasteiger partial charge in [0.05, 0.1) is 23.7 Å². The van der Waals surface area contributed by atoms with E-state index in [9.17, 15) is 14.0 Å². The lowest BCUT2D eigenvalue weighted by atomic mass is 9.78. The molecule has 38 heavy (non-hydrogen) atoms. The molecule has 1 aliphatic heterocycles. The number of esters is 1. The summed E-state index contributed by atoms with van der Waals surface area (Å²) >= 11 is 0. The van der Waals surface area contributed by atoms with Crippen molar-refractivity contribution < 1.29 is 27.6 Å². The molecule has 7 nitrogen and oxygen atoms in total. The van der Waals surface area contributed by atoms with Crippen LogP contribution in [0.2, 0.25) is 0 Å². The first-order chi connectivity index (χ1) is 18.6. The fraction of sp³-hybridized carbons (Fsp3) is 0.367. The summed E-state index contributed by atoms with van der Waals surface area (Å²) in [5.41, 5.74) is 1.11. The van der Waals surface area contributed by atoms with Gasteiger partial charge in [-0.3, -0.25) is 9.59 Å². The highest BCUT2D eigenvalue weighted by atomic mass is 19.1. The summed E-state index contributed by atoms with van der Waals surface area (Å²) in [5.74, 6) is -0.124. The zero-order valence-corrected chi connectivity index (χ0v) is 21.0. The van der Waals surface area contributed by atoms with E-state index in [-0.39, 0.29) is 5.92 Å². The van der Waals surface area contributed by atoms with Crippen molar-refractivity contribution in [3.63, 3.8) is 0 Å². The molecule has 3 aliphatic rings. The first-order valence-corrected chi connectivity index (χ1v) is 13.2. The van der Waals surface area contributed by atoms with E-state index in [1.54, 1.807) is 36.8 Å². The van der Waals surface area contributed by atoms with Gasteiger partial charge in [-0.2, -0.15) is 5.10 Å². The molecule has 2 saturated carbocycles. The number of carbonyl (C=O) groups is 2. The van der Waals surface area contributed by atoms with Crippen LogP contribution in [0.15, 0.2) is 80.6 Å². The maximum atomic E-state index is 14.7. The third-order valence-corrected chi connectivity index (χ3v) is 8.02. The van der Waals surface area contributed by atoms with Crippen LogP contribution in [-0.2, 0) is 19.7 Å². The summed E-state index contributed by atoms with van der Waals surface area (Å²) in [7, 11) is 0. The minimum atomic E-state index is -1.07. The molecule has 1 aromatic carbocycles. The molecule has 2 unspecified atom stereocenters. The summed E-state index contributed by atoms with van der Waals surface area (Å²) in [6.45, 7) is -0.479. The number of amides is 1. The van der Waals surface area contributed by atoms with Crippen LogP contribution in [0.5, 0.6) is 0 Å². The van der Waals surface area contributed by atoms with Crippen molar-refractivity contribution >= 4 is 23.7 Å². The Kier molecular flexibility index (Phi) is 6.47. The number of furan rings is 2. The number of hydrogen-bond acceptors (Lipinski definition) is 6. The predicted octanol–water partition coefficient (Wildman–Crippen LogP) is 6.19. The van der Waals surface area contributed by atoms with E-state index in [0.717, 1.165) is 49.1 Å². The number of hydrazone groups is 1. The van der Waals surface area contributed by atoms with Gasteiger partial charge in [-0.1, -0.05) is 31.0 Å². The zero-order valence-electron chi connectivity index (χ0n) is 21.0. The molecule has 2 atom stereocenters. The fourth-order valence-corrected chi connectivity index (χ4v) is 6.23. The van der Waals surface area contributed by atoms with Gasteiger partial charge in [0.25, 0.3) is 5.91 Å². The third-order valence-electron chi connectivity index (χ3n) is 8.02. The van der Waals surface area contributed by atoms with Gasteiger partial charge in [-0.25, -0.2) is 9.40 Å². The van der Waals surface area contributed by atoms with Crippen molar-refractivity contribution in [1.82, 2.24) is 5.01 Å². The number of ether oxygens (including phenoxy) is 1. The van der Waals surface area contributed by atoms with Crippen LogP contribution in [0.1, 0.15) is 68.1 Å². The van der Waals surface area contributed by atoms with Gasteiger partial charge in [0.15, 0.2) is 6.61 Å². The molecule has 6 rings (SSSR count). The van der Waals surface area contributed by atoms with Crippen molar-refractivity contribution in [1.29, 1.82) is 0 Å². The molecular formula is C30H29FN2O5. The lowest BCUT2D eigenvalue weighted by molar-refractivity contribution is -0.158. The third kappa shape index (κ3) is 4.27. The van der Waals surface area contributed by atoms with Gasteiger partial charge in [0.1, 0.15) is 23.4 Å². The highest BCUT2D eigenvalue weighted by Crippen LogP contribution is 2.45. The maximum Gasteiger partial charge on any atom is 0.317 e. The Bertz CT molecular complexity index is 1370. The molecule has 3 heterocycles. The molecule has 0 N–H and O–H groups in total. The first kappa shape index (κ1) is 24.4. The number of rotatable bonds is 6. The van der Waals surface area contributed by atoms with Crippen molar-refractivity contribution in [3.05, 3.63) is 89.5 Å². The van der Waals surface area contributed by atoms with Crippen LogP contribution in [-0.4, -0.2) is 29.2 Å². The van der Waals surface area contributed by atoms with Gasteiger partial charge in [0, 0.05) is 11.5 Å². The topological polar surface area (TPSA) is 85.3 Å². The molecule has 2 aliphatic carbocycles. The molecule has 1 amide bonds. The normalized spacial score (nSPS) is 23.3. The molecule has 2 aromatic heterocycles. The number of allylic oxidation sites excluding steroid dienone is 1.